The minimum Gasteiger partial charge on any atom is -0.496 e. The second kappa shape index (κ2) is 6.88. The summed E-state index contributed by atoms with van der Waals surface area (Å²) < 4.78 is 12.1. The van der Waals surface area contributed by atoms with Crippen LogP contribution >= 0.6 is 0 Å². The van der Waals surface area contributed by atoms with Crippen molar-refractivity contribution in [3.05, 3.63) is 53.8 Å². The van der Waals surface area contributed by atoms with Gasteiger partial charge in [0, 0.05) is 35.6 Å². The molecule has 1 aliphatic heterocycles. The zero-order chi connectivity index (χ0) is 21.1. The lowest BCUT2D eigenvalue weighted by Gasteiger charge is -2.40. The van der Waals surface area contributed by atoms with Crippen molar-refractivity contribution in [3.8, 4) is 16.9 Å². The quantitative estimate of drug-likeness (QED) is 0.478. The summed E-state index contributed by atoms with van der Waals surface area (Å²) in [4.78, 5) is 2.69. The molecule has 5 rings (SSSR count). The van der Waals surface area contributed by atoms with E-state index in [-0.39, 0.29) is 0 Å². The Labute approximate surface area is 180 Å². The van der Waals surface area contributed by atoms with Crippen molar-refractivity contribution in [2.75, 3.05) is 13.7 Å². The fourth-order valence-electron chi connectivity index (χ4n) is 6.55. The minimum absolute atomic E-state index is 0.434. The number of fused-ring (bicyclic) bond motifs is 3. The molecule has 0 unspecified atom stereocenters. The van der Waals surface area contributed by atoms with Crippen molar-refractivity contribution in [2.45, 2.75) is 59.5 Å². The lowest BCUT2D eigenvalue weighted by molar-refractivity contribution is 0.126. The van der Waals surface area contributed by atoms with Crippen molar-refractivity contribution >= 4 is 11.0 Å². The molecule has 1 saturated carbocycles. The van der Waals surface area contributed by atoms with Crippen LogP contribution in [0.2, 0.25) is 0 Å². The van der Waals surface area contributed by atoms with Gasteiger partial charge in [-0.05, 0) is 54.7 Å². The number of furan rings is 1. The average molecular weight is 404 g/mol. The lowest BCUT2D eigenvalue weighted by Crippen LogP contribution is -2.34. The predicted octanol–water partition coefficient (Wildman–Crippen LogP) is 6.82. The highest BCUT2D eigenvalue weighted by Crippen LogP contribution is 2.53. The molecule has 0 N–H and O–H groups in total. The Morgan fingerprint density at radius 3 is 2.60 bits per heavy atom. The van der Waals surface area contributed by atoms with E-state index in [1.807, 2.05) is 6.07 Å². The first-order valence-corrected chi connectivity index (χ1v) is 11.2. The molecule has 2 bridgehead atoms. The third-order valence-electron chi connectivity index (χ3n) is 7.23. The molecular formula is C27H33NO2. The summed E-state index contributed by atoms with van der Waals surface area (Å²) in [6.07, 6.45) is 3.92. The molecule has 2 heterocycles. The number of rotatable bonds is 4. The maximum Gasteiger partial charge on any atom is 0.135 e. The van der Waals surface area contributed by atoms with E-state index in [9.17, 15) is 0 Å². The SMILES string of the molecule is COc1cc2c(-c3ccccc3)c(C)oc2cc1CN1C[C@@]2(C)C[C@H]1CC(C)(C)C2. The van der Waals surface area contributed by atoms with Gasteiger partial charge in [-0.15, -0.1) is 0 Å². The molecule has 0 radical (unpaired) electrons. The van der Waals surface area contributed by atoms with E-state index in [0.717, 1.165) is 29.0 Å². The lowest BCUT2D eigenvalue weighted by atomic mass is 9.65. The fraction of sp³-hybridized carbons (Fsp3) is 0.481. The third-order valence-corrected chi connectivity index (χ3v) is 7.23. The maximum absolute atomic E-state index is 6.22. The molecule has 30 heavy (non-hydrogen) atoms. The maximum atomic E-state index is 6.22. The van der Waals surface area contributed by atoms with Crippen molar-refractivity contribution < 1.29 is 9.15 Å². The van der Waals surface area contributed by atoms with Crippen LogP contribution in [0.25, 0.3) is 22.1 Å². The van der Waals surface area contributed by atoms with Crippen molar-refractivity contribution in [3.63, 3.8) is 0 Å². The molecule has 1 aromatic heterocycles. The molecule has 1 saturated heterocycles. The second-order valence-electron chi connectivity index (χ2n) is 10.7. The summed E-state index contributed by atoms with van der Waals surface area (Å²) >= 11 is 0. The number of aryl methyl sites for hydroxylation is 1. The topological polar surface area (TPSA) is 25.6 Å². The number of hydrogen-bond donors (Lipinski definition) is 0. The van der Waals surface area contributed by atoms with Gasteiger partial charge in [-0.25, -0.2) is 0 Å². The molecule has 0 spiro atoms. The van der Waals surface area contributed by atoms with E-state index < -0.39 is 0 Å². The monoisotopic (exact) mass is 403 g/mol. The number of ether oxygens (including phenoxy) is 1. The average Bonchev–Trinajstić information content (AvgIpc) is 3.12. The largest absolute Gasteiger partial charge is 0.496 e. The van der Waals surface area contributed by atoms with Gasteiger partial charge in [0.25, 0.3) is 0 Å². The fourth-order valence-corrected chi connectivity index (χ4v) is 6.55. The summed E-state index contributed by atoms with van der Waals surface area (Å²) in [6.45, 7) is 11.5. The van der Waals surface area contributed by atoms with Crippen LogP contribution in [0, 0.1) is 17.8 Å². The smallest absolute Gasteiger partial charge is 0.135 e. The van der Waals surface area contributed by atoms with E-state index in [0.29, 0.717) is 16.9 Å². The van der Waals surface area contributed by atoms with Crippen LogP contribution in [0.5, 0.6) is 5.75 Å². The molecule has 3 nitrogen and oxygen atoms in total. The minimum atomic E-state index is 0.434. The van der Waals surface area contributed by atoms with Crippen LogP contribution < -0.4 is 4.74 Å². The van der Waals surface area contributed by atoms with Gasteiger partial charge < -0.3 is 9.15 Å². The Morgan fingerprint density at radius 1 is 1.10 bits per heavy atom. The normalized spacial score (nSPS) is 25.7. The first kappa shape index (κ1) is 19.7. The van der Waals surface area contributed by atoms with Gasteiger partial charge in [0.05, 0.1) is 7.11 Å². The molecule has 2 aromatic carbocycles. The van der Waals surface area contributed by atoms with Crippen LogP contribution in [0.3, 0.4) is 0 Å². The third kappa shape index (κ3) is 3.33. The second-order valence-corrected chi connectivity index (χ2v) is 10.7. The van der Waals surface area contributed by atoms with E-state index in [2.05, 4.69) is 69.0 Å². The molecule has 2 aliphatic rings. The molecule has 1 aliphatic carbocycles. The molecular weight excluding hydrogens is 370 g/mol. The Kier molecular flexibility index (Phi) is 4.52. The predicted molar refractivity (Wildman–Crippen MR) is 123 cm³/mol. The Balaban J connectivity index is 1.52. The summed E-state index contributed by atoms with van der Waals surface area (Å²) in [6, 6.07) is 15.5. The van der Waals surface area contributed by atoms with Gasteiger partial charge in [-0.2, -0.15) is 0 Å². The van der Waals surface area contributed by atoms with E-state index in [4.69, 9.17) is 9.15 Å². The number of benzene rings is 2. The molecule has 2 fully saturated rings. The molecule has 158 valence electrons. The van der Waals surface area contributed by atoms with Gasteiger partial charge >= 0.3 is 0 Å². The van der Waals surface area contributed by atoms with Crippen LogP contribution in [-0.4, -0.2) is 24.6 Å². The van der Waals surface area contributed by atoms with Gasteiger partial charge in [0.2, 0.25) is 0 Å². The summed E-state index contributed by atoms with van der Waals surface area (Å²) in [5, 5.41) is 1.13. The van der Waals surface area contributed by atoms with Crippen molar-refractivity contribution in [2.24, 2.45) is 10.8 Å². The zero-order valence-electron chi connectivity index (χ0n) is 18.9. The van der Waals surface area contributed by atoms with Gasteiger partial charge in [0.15, 0.2) is 0 Å². The number of methoxy groups -OCH3 is 1. The van der Waals surface area contributed by atoms with E-state index >= 15 is 0 Å². The Hall–Kier alpha value is -2.26. The van der Waals surface area contributed by atoms with Crippen molar-refractivity contribution in [1.29, 1.82) is 0 Å². The van der Waals surface area contributed by atoms with Gasteiger partial charge in [-0.3, -0.25) is 4.90 Å². The zero-order valence-corrected chi connectivity index (χ0v) is 18.9. The van der Waals surface area contributed by atoms with Crippen LogP contribution in [0.1, 0.15) is 51.4 Å². The number of likely N-dealkylation sites (tertiary alicyclic amines) is 1. The number of nitrogens with zero attached hydrogens (tertiary/aromatic N) is 1. The van der Waals surface area contributed by atoms with E-state index in [1.165, 1.54) is 42.5 Å². The van der Waals surface area contributed by atoms with Crippen LogP contribution in [-0.2, 0) is 6.54 Å². The molecule has 3 aromatic rings. The molecule has 3 heteroatoms. The van der Waals surface area contributed by atoms with Crippen molar-refractivity contribution in [1.82, 2.24) is 4.90 Å². The summed E-state index contributed by atoms with van der Waals surface area (Å²) in [5.74, 6) is 1.92. The first-order valence-electron chi connectivity index (χ1n) is 11.2. The Morgan fingerprint density at radius 2 is 1.87 bits per heavy atom. The summed E-state index contributed by atoms with van der Waals surface area (Å²) in [7, 11) is 1.78. The first-order chi connectivity index (χ1) is 14.3. The van der Waals surface area contributed by atoms with Crippen LogP contribution in [0.4, 0.5) is 0 Å². The summed E-state index contributed by atoms with van der Waals surface area (Å²) in [5.41, 5.74) is 5.41. The Bertz CT molecular complexity index is 1080. The van der Waals surface area contributed by atoms with Gasteiger partial charge in [-0.1, -0.05) is 51.1 Å². The van der Waals surface area contributed by atoms with E-state index in [1.54, 1.807) is 7.11 Å². The standard InChI is InChI=1S/C27H33NO2/c1-18-25(19-9-7-6-8-10-19)22-12-23(29-5)20(11-24(22)30-18)15-28-17-27(4)14-21(28)13-26(2,3)16-27/h6-12,21H,13-17H2,1-5H3/t21-,27+/m1/s1. The highest BCUT2D eigenvalue weighted by molar-refractivity contribution is 5.97. The van der Waals surface area contributed by atoms with Gasteiger partial charge in [0.1, 0.15) is 17.1 Å². The highest BCUT2D eigenvalue weighted by Gasteiger charge is 2.49. The number of hydrogen-bond acceptors (Lipinski definition) is 3. The highest BCUT2D eigenvalue weighted by atomic mass is 16.5. The van der Waals surface area contributed by atoms with Crippen LogP contribution in [0.15, 0.2) is 46.9 Å². The molecule has 0 amide bonds. The molecule has 2 atom stereocenters.